The monoisotopic (exact) mass is 463 g/mol. The number of nitrogens with one attached hydrogen (secondary N) is 2. The number of aromatic amines is 1. The number of hydrogen-bond acceptors (Lipinski definition) is 6. The van der Waals surface area contributed by atoms with Crippen LogP contribution < -0.4 is 15.9 Å². The van der Waals surface area contributed by atoms with Gasteiger partial charge < -0.3 is 15.2 Å². The lowest BCUT2D eigenvalue weighted by molar-refractivity contribution is 0.0343. The van der Waals surface area contributed by atoms with Crippen molar-refractivity contribution in [2.45, 2.75) is 6.54 Å². The summed E-state index contributed by atoms with van der Waals surface area (Å²) in [6, 6.07) is 10.9. The fraction of sp³-hybridized carbons (Fsp3) is 0.292. The zero-order chi connectivity index (χ0) is 23.8. The largest absolute Gasteiger partial charge is 0.386 e. The molecule has 176 valence electrons. The highest BCUT2D eigenvalue weighted by Crippen LogP contribution is 2.29. The lowest BCUT2D eigenvalue weighted by Crippen LogP contribution is -2.46. The molecule has 1 aliphatic rings. The first kappa shape index (κ1) is 21.9. The van der Waals surface area contributed by atoms with Crippen molar-refractivity contribution in [1.82, 2.24) is 24.4 Å². The third kappa shape index (κ3) is 3.96. The quantitative estimate of drug-likeness (QED) is 0.442. The topological polar surface area (TPSA) is 89.0 Å². The van der Waals surface area contributed by atoms with E-state index in [4.69, 9.17) is 0 Å². The van der Waals surface area contributed by atoms with Gasteiger partial charge in [-0.15, -0.1) is 0 Å². The molecule has 1 amide bonds. The molecule has 2 N–H and O–H groups in total. The van der Waals surface area contributed by atoms with Crippen molar-refractivity contribution in [1.29, 1.82) is 0 Å². The molecular weight excluding hydrogens is 437 g/mol. The number of H-pyrrole nitrogens is 1. The number of nitrogens with zero attached hydrogens (tertiary/aromatic N) is 5. The van der Waals surface area contributed by atoms with Gasteiger partial charge in [0.05, 0.1) is 22.4 Å². The summed E-state index contributed by atoms with van der Waals surface area (Å²) < 4.78 is 14.8. The van der Waals surface area contributed by atoms with E-state index in [0.717, 1.165) is 73.3 Å². The van der Waals surface area contributed by atoms with Crippen LogP contribution in [0.15, 0.2) is 53.6 Å². The van der Waals surface area contributed by atoms with Gasteiger partial charge in [0.15, 0.2) is 0 Å². The highest BCUT2D eigenvalue weighted by molar-refractivity contribution is 5.95. The molecule has 0 saturated carbocycles. The van der Waals surface area contributed by atoms with E-state index in [1.165, 1.54) is 0 Å². The number of rotatable bonds is 5. The molecule has 3 aromatic heterocycles. The first-order valence-electron chi connectivity index (χ1n) is 11.2. The minimum atomic E-state index is -0.670. The third-order valence-corrected chi connectivity index (χ3v) is 6.31. The van der Waals surface area contributed by atoms with E-state index >= 15 is 0 Å². The molecule has 0 aliphatic carbocycles. The number of carbonyl (C=O) groups excluding carboxylic acids is 1. The Bertz CT molecular complexity index is 1420. The lowest BCUT2D eigenvalue weighted by atomic mass is 10.1. The molecule has 1 aliphatic heterocycles. The van der Waals surface area contributed by atoms with Gasteiger partial charge in [-0.1, -0.05) is 4.48 Å². The maximum absolute atomic E-state index is 13.3. The van der Waals surface area contributed by atoms with Crippen LogP contribution in [-0.4, -0.2) is 70.6 Å². The predicted molar refractivity (Wildman–Crippen MR) is 130 cm³/mol. The number of benzene rings is 1. The van der Waals surface area contributed by atoms with Crippen LogP contribution in [0.5, 0.6) is 0 Å². The van der Waals surface area contributed by atoms with Gasteiger partial charge in [-0.05, 0) is 42.0 Å². The van der Waals surface area contributed by atoms with Crippen LogP contribution >= 0.6 is 0 Å². The van der Waals surface area contributed by atoms with Crippen LogP contribution in [0.3, 0.4) is 0 Å². The van der Waals surface area contributed by atoms with Gasteiger partial charge in [-0.2, -0.15) is 5.12 Å². The molecule has 0 atom stereocenters. The molecule has 1 fully saturated rings. The molecule has 1 saturated heterocycles. The molecule has 9 nitrogen and oxygen atoms in total. The van der Waals surface area contributed by atoms with E-state index in [2.05, 4.69) is 25.1 Å². The molecule has 34 heavy (non-hydrogen) atoms. The summed E-state index contributed by atoms with van der Waals surface area (Å²) in [5, 5.41) is 3.21. The minimum absolute atomic E-state index is 0.0891. The average molecular weight is 464 g/mol. The number of pyridine rings is 1. The van der Waals surface area contributed by atoms with Gasteiger partial charge in [0.1, 0.15) is 5.52 Å². The van der Waals surface area contributed by atoms with Crippen LogP contribution in [0, 0.1) is 0 Å². The second-order valence-corrected chi connectivity index (χ2v) is 8.46. The fourth-order valence-corrected chi connectivity index (χ4v) is 4.55. The van der Waals surface area contributed by atoms with Crippen molar-refractivity contribution >= 4 is 33.8 Å². The highest BCUT2D eigenvalue weighted by Gasteiger charge is 2.21. The van der Waals surface area contributed by atoms with Crippen molar-refractivity contribution in [2.75, 3.05) is 50.5 Å². The summed E-state index contributed by atoms with van der Waals surface area (Å²) in [7, 11) is 2.89. The van der Waals surface area contributed by atoms with E-state index in [9.17, 15) is 14.1 Å². The van der Waals surface area contributed by atoms with Crippen molar-refractivity contribution in [3.8, 4) is 0 Å². The number of aromatic nitrogens is 3. The molecule has 5 rings (SSSR count). The molecular formula is C24H26FN7O2. The summed E-state index contributed by atoms with van der Waals surface area (Å²) >= 11 is 0. The number of carbonyl (C=O) groups is 1. The number of amides is 1. The normalized spacial score (nSPS) is 14.6. The molecule has 10 heteroatoms. The van der Waals surface area contributed by atoms with Crippen molar-refractivity contribution in [3.05, 3.63) is 70.4 Å². The Morgan fingerprint density at radius 3 is 2.74 bits per heavy atom. The van der Waals surface area contributed by atoms with Gasteiger partial charge in [0, 0.05) is 64.8 Å². The van der Waals surface area contributed by atoms with Crippen molar-refractivity contribution in [3.63, 3.8) is 0 Å². The zero-order valence-corrected chi connectivity index (χ0v) is 19.1. The fourth-order valence-electron chi connectivity index (χ4n) is 4.55. The maximum Gasteiger partial charge on any atom is 0.330 e. The van der Waals surface area contributed by atoms with Gasteiger partial charge in [-0.25, -0.2) is 4.79 Å². The first-order valence-corrected chi connectivity index (χ1v) is 11.2. The molecule has 0 spiro atoms. The number of hydrogen-bond donors (Lipinski definition) is 2. The summed E-state index contributed by atoms with van der Waals surface area (Å²) in [4.78, 5) is 36.4. The number of anilines is 2. The Morgan fingerprint density at radius 1 is 1.21 bits per heavy atom. The molecule has 0 bridgehead atoms. The third-order valence-electron chi connectivity index (χ3n) is 6.31. The van der Waals surface area contributed by atoms with E-state index in [0.29, 0.717) is 5.56 Å². The number of fused-ring (bicyclic) bond motifs is 3. The molecule has 1 aromatic carbocycles. The van der Waals surface area contributed by atoms with Crippen LogP contribution in [0.1, 0.15) is 15.9 Å². The maximum atomic E-state index is 13.3. The van der Waals surface area contributed by atoms with Crippen molar-refractivity contribution < 1.29 is 9.28 Å². The van der Waals surface area contributed by atoms with Crippen LogP contribution in [-0.2, 0) is 6.54 Å². The Hall–Kier alpha value is -3.92. The molecule has 0 radical (unpaired) electrons. The Labute approximate surface area is 195 Å². The standard InChI is InChI=1S/C24H26FN7O2/c1-26-18-13-17(23(33)29(2)25)5-6-20(18)31-10-8-30(9-11-31)15-16-12-19-22(27-14-16)21-4-3-7-32(21)24(34)28-19/h3-7,12-14,26H,8-11,15H2,1-2H3,(H,28,34). The smallest absolute Gasteiger partial charge is 0.330 e. The summed E-state index contributed by atoms with van der Waals surface area (Å²) in [5.41, 5.74) is 5.26. The number of halogens is 1. The van der Waals surface area contributed by atoms with Gasteiger partial charge in [-0.3, -0.25) is 19.1 Å². The van der Waals surface area contributed by atoms with Crippen LogP contribution in [0.25, 0.3) is 16.6 Å². The molecule has 4 heterocycles. The Morgan fingerprint density at radius 2 is 2.00 bits per heavy atom. The second-order valence-electron chi connectivity index (χ2n) is 8.46. The zero-order valence-electron chi connectivity index (χ0n) is 19.1. The summed E-state index contributed by atoms with van der Waals surface area (Å²) in [5.74, 6) is -0.670. The highest BCUT2D eigenvalue weighted by atomic mass is 19.2. The van der Waals surface area contributed by atoms with E-state index in [-0.39, 0.29) is 10.8 Å². The summed E-state index contributed by atoms with van der Waals surface area (Å²) in [6.45, 7) is 4.06. The number of piperazine rings is 1. The second kappa shape index (κ2) is 8.79. The van der Waals surface area contributed by atoms with Gasteiger partial charge in [0.25, 0.3) is 5.91 Å². The average Bonchev–Trinajstić information content (AvgIpc) is 3.34. The first-order chi connectivity index (χ1) is 16.4. The molecule has 0 unspecified atom stereocenters. The van der Waals surface area contributed by atoms with Crippen LogP contribution in [0.4, 0.5) is 15.9 Å². The predicted octanol–water partition coefficient (Wildman–Crippen LogP) is 2.50. The van der Waals surface area contributed by atoms with Gasteiger partial charge >= 0.3 is 5.69 Å². The van der Waals surface area contributed by atoms with E-state index in [1.54, 1.807) is 29.8 Å². The van der Waals surface area contributed by atoms with Crippen LogP contribution in [0.2, 0.25) is 0 Å². The summed E-state index contributed by atoms with van der Waals surface area (Å²) in [6.07, 6.45) is 3.60. The minimum Gasteiger partial charge on any atom is -0.386 e. The van der Waals surface area contributed by atoms with Gasteiger partial charge in [0.2, 0.25) is 0 Å². The van der Waals surface area contributed by atoms with Crippen molar-refractivity contribution in [2.24, 2.45) is 0 Å². The SMILES string of the molecule is CNc1cc(C(=O)N(C)F)ccc1N1CCN(Cc2cnc3c(c2)[nH]c(=O)n2cccc32)CC1. The van der Waals surface area contributed by atoms with E-state index < -0.39 is 5.91 Å². The molecule has 4 aromatic rings. The Balaban J connectivity index is 1.28. The lowest BCUT2D eigenvalue weighted by Gasteiger charge is -2.37. The Kier molecular flexibility index (Phi) is 5.66. The van der Waals surface area contributed by atoms with E-state index in [1.807, 2.05) is 30.5 Å².